The quantitative estimate of drug-likeness (QED) is 0.696. The number of urea groups is 1. The molecule has 1 saturated heterocycles. The summed E-state index contributed by atoms with van der Waals surface area (Å²) in [6.45, 7) is 13.3. The maximum Gasteiger partial charge on any atom is 0.332 e. The second kappa shape index (κ2) is 9.01. The van der Waals surface area contributed by atoms with Crippen LogP contribution in [-0.2, 0) is 10.0 Å². The van der Waals surface area contributed by atoms with Crippen molar-refractivity contribution in [3.05, 3.63) is 28.3 Å². The van der Waals surface area contributed by atoms with Gasteiger partial charge >= 0.3 is 6.03 Å². The molecule has 158 valence electrons. The summed E-state index contributed by atoms with van der Waals surface area (Å²) < 4.78 is 27.6. The number of sulfonamides is 1. The Kier molecular flexibility index (Phi) is 7.39. The van der Waals surface area contributed by atoms with E-state index in [9.17, 15) is 13.2 Å². The molecule has 1 aliphatic rings. The van der Waals surface area contributed by atoms with Gasteiger partial charge in [-0.1, -0.05) is 39.3 Å². The second-order valence-corrected chi connectivity index (χ2v) is 10.8. The molecule has 1 aromatic carbocycles. The molecule has 0 saturated carbocycles. The number of anilines is 1. The summed E-state index contributed by atoms with van der Waals surface area (Å²) in [4.78, 5) is 14.7. The Morgan fingerprint density at radius 2 is 1.64 bits per heavy atom. The molecule has 0 bridgehead atoms. The van der Waals surface area contributed by atoms with E-state index in [1.54, 1.807) is 0 Å². The number of likely N-dealkylation sites (tertiary alicyclic amines) is 1. The summed E-state index contributed by atoms with van der Waals surface area (Å²) in [5, 5.41) is 2.80. The standard InChI is InChI=1S/C20H32ClN3O3S/c1-12(2)17-9-15(21)10-18(13(3)4)19(17)22-20(25)23-28(26,27)16-7-8-24(11-16)14(5)6/h9-10,12-14,16H,7-8,11H2,1-6H3,(H2,22,23,25). The first-order valence-corrected chi connectivity index (χ1v) is 11.7. The van der Waals surface area contributed by atoms with E-state index in [4.69, 9.17) is 11.6 Å². The third kappa shape index (κ3) is 5.39. The summed E-state index contributed by atoms with van der Waals surface area (Å²) in [5.74, 6) is 0.245. The Bertz CT molecular complexity index is 793. The van der Waals surface area contributed by atoms with Crippen molar-refractivity contribution in [2.75, 3.05) is 18.4 Å². The molecule has 1 unspecified atom stereocenters. The number of nitrogens with zero attached hydrogens (tertiary/aromatic N) is 1. The molecule has 1 heterocycles. The van der Waals surface area contributed by atoms with Gasteiger partial charge in [0.1, 0.15) is 0 Å². The molecule has 6 nitrogen and oxygen atoms in total. The number of hydrogen-bond donors (Lipinski definition) is 2. The first kappa shape index (κ1) is 23.0. The van der Waals surface area contributed by atoms with Gasteiger partial charge < -0.3 is 5.32 Å². The van der Waals surface area contributed by atoms with E-state index in [1.807, 2.05) is 53.7 Å². The van der Waals surface area contributed by atoms with Crippen LogP contribution in [-0.4, -0.2) is 43.7 Å². The molecule has 1 aliphatic heterocycles. The first-order chi connectivity index (χ1) is 12.9. The average Bonchev–Trinajstić information content (AvgIpc) is 3.06. The van der Waals surface area contributed by atoms with Crippen molar-refractivity contribution < 1.29 is 13.2 Å². The Morgan fingerprint density at radius 3 is 2.07 bits per heavy atom. The largest absolute Gasteiger partial charge is 0.332 e. The molecule has 0 radical (unpaired) electrons. The Labute approximate surface area is 174 Å². The molecular formula is C20H32ClN3O3S. The van der Waals surface area contributed by atoms with Gasteiger partial charge in [0.05, 0.1) is 5.25 Å². The van der Waals surface area contributed by atoms with Crippen molar-refractivity contribution in [3.8, 4) is 0 Å². The SMILES string of the molecule is CC(C)c1cc(Cl)cc(C(C)C)c1NC(=O)NS(=O)(=O)C1CCN(C(C)C)C1. The van der Waals surface area contributed by atoms with Crippen LogP contribution >= 0.6 is 11.6 Å². The lowest BCUT2D eigenvalue weighted by Crippen LogP contribution is -2.42. The summed E-state index contributed by atoms with van der Waals surface area (Å²) in [6, 6.07) is 3.19. The monoisotopic (exact) mass is 429 g/mol. The van der Waals surface area contributed by atoms with E-state index >= 15 is 0 Å². The van der Waals surface area contributed by atoms with Crippen molar-refractivity contribution in [3.63, 3.8) is 0 Å². The van der Waals surface area contributed by atoms with Gasteiger partial charge in [-0.15, -0.1) is 0 Å². The smallest absolute Gasteiger partial charge is 0.307 e. The maximum atomic E-state index is 12.7. The lowest BCUT2D eigenvalue weighted by Gasteiger charge is -2.22. The zero-order valence-electron chi connectivity index (χ0n) is 17.5. The third-order valence-electron chi connectivity index (χ3n) is 5.23. The van der Waals surface area contributed by atoms with Gasteiger partial charge in [-0.05, 0) is 61.9 Å². The number of carbonyl (C=O) groups is 1. The van der Waals surface area contributed by atoms with Crippen LogP contribution in [0.1, 0.15) is 70.9 Å². The van der Waals surface area contributed by atoms with Crippen molar-refractivity contribution in [2.45, 2.75) is 71.1 Å². The van der Waals surface area contributed by atoms with Gasteiger partial charge in [0.2, 0.25) is 10.0 Å². The molecule has 1 atom stereocenters. The molecule has 1 aromatic rings. The molecular weight excluding hydrogens is 398 g/mol. The van der Waals surface area contributed by atoms with Crippen molar-refractivity contribution in [2.24, 2.45) is 0 Å². The van der Waals surface area contributed by atoms with Gasteiger partial charge in [0, 0.05) is 23.3 Å². The predicted molar refractivity (Wildman–Crippen MR) is 116 cm³/mol. The fraction of sp³-hybridized carbons (Fsp3) is 0.650. The van der Waals surface area contributed by atoms with Crippen LogP contribution in [0.15, 0.2) is 12.1 Å². The highest BCUT2D eigenvalue weighted by Gasteiger charge is 2.35. The lowest BCUT2D eigenvalue weighted by atomic mass is 9.92. The summed E-state index contributed by atoms with van der Waals surface area (Å²) >= 11 is 6.25. The van der Waals surface area contributed by atoms with Crippen molar-refractivity contribution in [1.29, 1.82) is 0 Å². The third-order valence-corrected chi connectivity index (χ3v) is 7.18. The Balaban J connectivity index is 2.21. The lowest BCUT2D eigenvalue weighted by molar-refractivity contribution is 0.256. The Morgan fingerprint density at radius 1 is 1.11 bits per heavy atom. The van der Waals surface area contributed by atoms with E-state index in [1.165, 1.54) is 0 Å². The van der Waals surface area contributed by atoms with Gasteiger partial charge in [-0.25, -0.2) is 17.9 Å². The molecule has 1 fully saturated rings. The van der Waals surface area contributed by atoms with Crippen LogP contribution in [0.25, 0.3) is 0 Å². The molecule has 28 heavy (non-hydrogen) atoms. The number of rotatable bonds is 6. The maximum absolute atomic E-state index is 12.7. The van der Waals surface area contributed by atoms with Crippen LogP contribution < -0.4 is 10.0 Å². The highest BCUT2D eigenvalue weighted by Crippen LogP contribution is 2.35. The fourth-order valence-electron chi connectivity index (χ4n) is 3.53. The van der Waals surface area contributed by atoms with Crippen LogP contribution in [0.5, 0.6) is 0 Å². The topological polar surface area (TPSA) is 78.5 Å². The van der Waals surface area contributed by atoms with Gasteiger partial charge in [0.15, 0.2) is 0 Å². The normalized spacial score (nSPS) is 18.3. The number of nitrogens with one attached hydrogen (secondary N) is 2. The molecule has 2 amide bonds. The summed E-state index contributed by atoms with van der Waals surface area (Å²) in [6.07, 6.45) is 0.524. The zero-order valence-corrected chi connectivity index (χ0v) is 19.1. The number of amides is 2. The van der Waals surface area contributed by atoms with Gasteiger partial charge in [-0.3, -0.25) is 4.90 Å². The minimum atomic E-state index is -3.75. The average molecular weight is 430 g/mol. The van der Waals surface area contributed by atoms with E-state index in [2.05, 4.69) is 14.9 Å². The molecule has 8 heteroatoms. The number of halogens is 1. The first-order valence-electron chi connectivity index (χ1n) is 9.82. The molecule has 2 N–H and O–H groups in total. The zero-order chi connectivity index (χ0) is 21.2. The van der Waals surface area contributed by atoms with Gasteiger partial charge in [0.25, 0.3) is 0 Å². The van der Waals surface area contributed by atoms with Gasteiger partial charge in [-0.2, -0.15) is 0 Å². The van der Waals surface area contributed by atoms with E-state index in [-0.39, 0.29) is 17.9 Å². The van der Waals surface area contributed by atoms with E-state index < -0.39 is 21.3 Å². The van der Waals surface area contributed by atoms with E-state index in [0.717, 1.165) is 17.7 Å². The fourth-order valence-corrected chi connectivity index (χ4v) is 5.05. The second-order valence-electron chi connectivity index (χ2n) is 8.37. The van der Waals surface area contributed by atoms with Crippen LogP contribution in [0, 0.1) is 0 Å². The Hall–Kier alpha value is -1.31. The highest BCUT2D eigenvalue weighted by atomic mass is 35.5. The molecule has 0 spiro atoms. The van der Waals surface area contributed by atoms with Crippen LogP contribution in [0.2, 0.25) is 5.02 Å². The minimum absolute atomic E-state index is 0.123. The number of benzene rings is 1. The van der Waals surface area contributed by atoms with Crippen molar-refractivity contribution >= 4 is 33.3 Å². The predicted octanol–water partition coefficient (Wildman–Crippen LogP) is 4.52. The number of carbonyl (C=O) groups excluding carboxylic acids is 1. The molecule has 0 aliphatic carbocycles. The van der Waals surface area contributed by atoms with E-state index in [0.29, 0.717) is 23.7 Å². The van der Waals surface area contributed by atoms with Crippen LogP contribution in [0.4, 0.5) is 10.5 Å². The highest BCUT2D eigenvalue weighted by molar-refractivity contribution is 7.90. The number of hydrogen-bond acceptors (Lipinski definition) is 4. The van der Waals surface area contributed by atoms with Crippen LogP contribution in [0.3, 0.4) is 0 Å². The van der Waals surface area contributed by atoms with Crippen molar-refractivity contribution in [1.82, 2.24) is 9.62 Å². The molecule has 0 aromatic heterocycles. The summed E-state index contributed by atoms with van der Waals surface area (Å²) in [5.41, 5.74) is 2.41. The summed E-state index contributed by atoms with van der Waals surface area (Å²) in [7, 11) is -3.75. The minimum Gasteiger partial charge on any atom is -0.307 e. The molecule has 2 rings (SSSR count).